The number of carbonyl (C=O) groups is 2. The van der Waals surface area contributed by atoms with Gasteiger partial charge in [-0.2, -0.15) is 0 Å². The monoisotopic (exact) mass is 381 g/mol. The largest absolute Gasteiger partial charge is 0.377 e. The molecule has 146 valence electrons. The van der Waals surface area contributed by atoms with Crippen molar-refractivity contribution >= 4 is 23.2 Å². The van der Waals surface area contributed by atoms with Crippen molar-refractivity contribution in [1.29, 1.82) is 0 Å². The molecule has 26 heavy (non-hydrogen) atoms. The quantitative estimate of drug-likeness (QED) is 0.749. The maximum atomic E-state index is 12.6. The molecule has 0 spiro atoms. The van der Waals surface area contributed by atoms with E-state index in [4.69, 9.17) is 4.74 Å². The van der Waals surface area contributed by atoms with Crippen molar-refractivity contribution in [2.75, 3.05) is 33.3 Å². The summed E-state index contributed by atoms with van der Waals surface area (Å²) >= 11 is 1.69. The number of carbonyl (C=O) groups excluding carboxylic acids is 2. The first kappa shape index (κ1) is 20.9. The Kier molecular flexibility index (Phi) is 7.61. The lowest BCUT2D eigenvalue weighted by molar-refractivity contribution is -0.136. The van der Waals surface area contributed by atoms with Gasteiger partial charge < -0.3 is 15.0 Å². The molecule has 1 aromatic rings. The molecule has 0 saturated carbocycles. The molecule has 1 unspecified atom stereocenters. The zero-order valence-corrected chi connectivity index (χ0v) is 17.1. The molecule has 0 aromatic carbocycles. The van der Waals surface area contributed by atoms with Crippen LogP contribution in [0.5, 0.6) is 0 Å². The van der Waals surface area contributed by atoms with Gasteiger partial charge in [0, 0.05) is 37.2 Å². The first-order chi connectivity index (χ1) is 12.2. The second-order valence-electron chi connectivity index (χ2n) is 7.93. The Bertz CT molecular complexity index is 577. The first-order valence-electron chi connectivity index (χ1n) is 9.14. The zero-order chi connectivity index (χ0) is 19.2. The molecule has 7 heteroatoms. The summed E-state index contributed by atoms with van der Waals surface area (Å²) in [5.41, 5.74) is -0.300. The number of hydrogen-bond donors (Lipinski definition) is 1. The maximum Gasteiger partial charge on any atom is 0.240 e. The van der Waals surface area contributed by atoms with E-state index in [0.717, 1.165) is 32.5 Å². The number of amides is 2. The topological polar surface area (TPSA) is 61.9 Å². The summed E-state index contributed by atoms with van der Waals surface area (Å²) in [6, 6.07) is 4.10. The van der Waals surface area contributed by atoms with Crippen molar-refractivity contribution in [2.45, 2.75) is 51.8 Å². The van der Waals surface area contributed by atoms with E-state index in [1.165, 1.54) is 9.78 Å². The standard InChI is InChI=1S/C19H31N3O3S/c1-19(2,3)20-17(23)13-21(4)18(24)14-22(11-15-7-5-9-25-15)12-16-8-6-10-26-16/h6,8,10,15H,5,7,9,11-14H2,1-4H3,(H,20,23). The normalized spacial score (nSPS) is 17.5. The van der Waals surface area contributed by atoms with Crippen LogP contribution < -0.4 is 5.32 Å². The minimum Gasteiger partial charge on any atom is -0.377 e. The summed E-state index contributed by atoms with van der Waals surface area (Å²) in [5, 5.41) is 4.93. The van der Waals surface area contributed by atoms with Gasteiger partial charge in [-0.25, -0.2) is 0 Å². The van der Waals surface area contributed by atoms with Crippen molar-refractivity contribution in [3.05, 3.63) is 22.4 Å². The minimum absolute atomic E-state index is 0.0522. The fourth-order valence-electron chi connectivity index (χ4n) is 2.96. The van der Waals surface area contributed by atoms with E-state index in [0.29, 0.717) is 0 Å². The lowest BCUT2D eigenvalue weighted by atomic mass is 10.1. The van der Waals surface area contributed by atoms with E-state index in [1.54, 1.807) is 18.4 Å². The molecule has 1 aliphatic rings. The van der Waals surface area contributed by atoms with E-state index in [-0.39, 0.29) is 36.5 Å². The third-order valence-corrected chi connectivity index (χ3v) is 4.99. The smallest absolute Gasteiger partial charge is 0.240 e. The molecule has 6 nitrogen and oxygen atoms in total. The molecule has 1 fully saturated rings. The second kappa shape index (κ2) is 9.48. The number of nitrogens with zero attached hydrogens (tertiary/aromatic N) is 2. The molecule has 0 aliphatic carbocycles. The van der Waals surface area contributed by atoms with E-state index >= 15 is 0 Å². The van der Waals surface area contributed by atoms with E-state index in [2.05, 4.69) is 16.3 Å². The fourth-order valence-corrected chi connectivity index (χ4v) is 3.70. The van der Waals surface area contributed by atoms with Crippen LogP contribution in [0.2, 0.25) is 0 Å². The van der Waals surface area contributed by atoms with Crippen LogP contribution in [0.15, 0.2) is 17.5 Å². The molecule has 1 saturated heterocycles. The summed E-state index contributed by atoms with van der Waals surface area (Å²) < 4.78 is 5.74. The van der Waals surface area contributed by atoms with Crippen molar-refractivity contribution in [3.63, 3.8) is 0 Å². The summed E-state index contributed by atoms with van der Waals surface area (Å²) in [7, 11) is 1.68. The summed E-state index contributed by atoms with van der Waals surface area (Å²) in [4.78, 5) is 29.5. The highest BCUT2D eigenvalue weighted by atomic mass is 32.1. The SMILES string of the molecule is CN(CC(=O)NC(C)(C)C)C(=O)CN(Cc1cccs1)CC1CCCO1. The molecule has 1 aliphatic heterocycles. The van der Waals surface area contributed by atoms with Crippen LogP contribution in [0.1, 0.15) is 38.5 Å². The molecule has 1 N–H and O–H groups in total. The highest BCUT2D eigenvalue weighted by Crippen LogP contribution is 2.17. The van der Waals surface area contributed by atoms with E-state index in [1.807, 2.05) is 32.2 Å². The highest BCUT2D eigenvalue weighted by molar-refractivity contribution is 7.09. The Hall–Kier alpha value is -1.44. The van der Waals surface area contributed by atoms with Crippen molar-refractivity contribution in [1.82, 2.24) is 15.1 Å². The molecule has 2 amide bonds. The van der Waals surface area contributed by atoms with E-state index in [9.17, 15) is 9.59 Å². The molecule has 0 radical (unpaired) electrons. The van der Waals surface area contributed by atoms with Crippen LogP contribution >= 0.6 is 11.3 Å². The predicted molar refractivity (Wildman–Crippen MR) is 104 cm³/mol. The van der Waals surface area contributed by atoms with Gasteiger partial charge in [-0.15, -0.1) is 11.3 Å². The van der Waals surface area contributed by atoms with Gasteiger partial charge in [0.2, 0.25) is 11.8 Å². The number of likely N-dealkylation sites (N-methyl/N-ethyl adjacent to an activating group) is 1. The van der Waals surface area contributed by atoms with Gasteiger partial charge in [0.1, 0.15) is 0 Å². The van der Waals surface area contributed by atoms with Crippen molar-refractivity contribution in [2.24, 2.45) is 0 Å². The Morgan fingerprint density at radius 1 is 1.35 bits per heavy atom. The highest BCUT2D eigenvalue weighted by Gasteiger charge is 2.23. The van der Waals surface area contributed by atoms with Gasteiger partial charge in [-0.05, 0) is 45.1 Å². The van der Waals surface area contributed by atoms with Gasteiger partial charge in [0.05, 0.1) is 19.2 Å². The molecular formula is C19H31N3O3S. The number of hydrogen-bond acceptors (Lipinski definition) is 5. The van der Waals surface area contributed by atoms with Gasteiger partial charge >= 0.3 is 0 Å². The third kappa shape index (κ3) is 7.43. The summed E-state index contributed by atoms with van der Waals surface area (Å²) in [6.07, 6.45) is 2.31. The van der Waals surface area contributed by atoms with Crippen LogP contribution in [0.3, 0.4) is 0 Å². The Labute approximate surface area is 160 Å². The average Bonchev–Trinajstić information content (AvgIpc) is 3.18. The van der Waals surface area contributed by atoms with Crippen LogP contribution in [0.4, 0.5) is 0 Å². The maximum absolute atomic E-state index is 12.6. The van der Waals surface area contributed by atoms with Crippen LogP contribution in [0, 0.1) is 0 Å². The van der Waals surface area contributed by atoms with Crippen LogP contribution in [0.25, 0.3) is 0 Å². The number of nitrogens with one attached hydrogen (secondary N) is 1. The number of ether oxygens (including phenoxy) is 1. The minimum atomic E-state index is -0.300. The lowest BCUT2D eigenvalue weighted by Gasteiger charge is -2.27. The molecular weight excluding hydrogens is 350 g/mol. The lowest BCUT2D eigenvalue weighted by Crippen LogP contribution is -2.48. The molecule has 1 atom stereocenters. The molecule has 0 bridgehead atoms. The van der Waals surface area contributed by atoms with Gasteiger partial charge in [-0.3, -0.25) is 14.5 Å². The van der Waals surface area contributed by atoms with Crippen LogP contribution in [-0.4, -0.2) is 66.5 Å². The van der Waals surface area contributed by atoms with Gasteiger partial charge in [0.15, 0.2) is 0 Å². The van der Waals surface area contributed by atoms with Crippen molar-refractivity contribution < 1.29 is 14.3 Å². The average molecular weight is 382 g/mol. The third-order valence-electron chi connectivity index (χ3n) is 4.13. The molecule has 2 heterocycles. The predicted octanol–water partition coefficient (Wildman–Crippen LogP) is 2.10. The number of rotatable bonds is 8. The molecule has 1 aromatic heterocycles. The summed E-state index contributed by atoms with van der Waals surface area (Å²) in [6.45, 7) is 8.42. The van der Waals surface area contributed by atoms with Crippen LogP contribution in [-0.2, 0) is 20.9 Å². The second-order valence-corrected chi connectivity index (χ2v) is 8.96. The fraction of sp³-hybridized carbons (Fsp3) is 0.684. The van der Waals surface area contributed by atoms with Crippen molar-refractivity contribution in [3.8, 4) is 0 Å². The Morgan fingerprint density at radius 3 is 2.69 bits per heavy atom. The van der Waals surface area contributed by atoms with Gasteiger partial charge in [-0.1, -0.05) is 6.07 Å². The summed E-state index contributed by atoms with van der Waals surface area (Å²) in [5.74, 6) is -0.194. The number of thiophene rings is 1. The zero-order valence-electron chi connectivity index (χ0n) is 16.3. The molecule has 2 rings (SSSR count). The van der Waals surface area contributed by atoms with E-state index < -0.39 is 0 Å². The first-order valence-corrected chi connectivity index (χ1v) is 10.0. The van der Waals surface area contributed by atoms with Gasteiger partial charge in [0.25, 0.3) is 0 Å². The Balaban J connectivity index is 1.90. The Morgan fingerprint density at radius 2 is 2.12 bits per heavy atom.